The van der Waals surface area contributed by atoms with Crippen LogP contribution in [-0.2, 0) is 0 Å². The molecule has 5 heteroatoms. The molecule has 0 radical (unpaired) electrons. The molecule has 12 aromatic rings. The topological polar surface area (TPSA) is 37.2 Å². The number of aryl methyl sites for hydroxylation is 4. The van der Waals surface area contributed by atoms with E-state index in [1.54, 1.807) is 0 Å². The predicted molar refractivity (Wildman–Crippen MR) is 306 cm³/mol. The van der Waals surface area contributed by atoms with Gasteiger partial charge in [-0.15, -0.1) is 0 Å². The van der Waals surface area contributed by atoms with Crippen LogP contribution >= 0.6 is 0 Å². The molecule has 0 bridgehead atoms. The average molecular weight is 940 g/mol. The summed E-state index contributed by atoms with van der Waals surface area (Å²) in [5.41, 5.74) is 22.0. The molecule has 2 aromatic heterocycles. The molecule has 0 aliphatic rings. The van der Waals surface area contributed by atoms with E-state index in [-0.39, 0.29) is 0 Å². The molecule has 10 aromatic carbocycles. The molecule has 73 heavy (non-hydrogen) atoms. The van der Waals surface area contributed by atoms with Crippen molar-refractivity contribution in [1.82, 2.24) is 14.5 Å². The van der Waals surface area contributed by atoms with Gasteiger partial charge in [0.15, 0.2) is 5.82 Å². The van der Waals surface area contributed by atoms with E-state index in [1.807, 2.05) is 0 Å². The Kier molecular flexibility index (Phi) is 11.7. The molecule has 0 fully saturated rings. The summed E-state index contributed by atoms with van der Waals surface area (Å²) >= 11 is 0. The average Bonchev–Trinajstić information content (AvgIpc) is 3.74. The molecule has 0 aliphatic carbocycles. The van der Waals surface area contributed by atoms with E-state index >= 15 is 0 Å². The Morgan fingerprint density at radius 1 is 0.301 bits per heavy atom. The van der Waals surface area contributed by atoms with E-state index in [1.165, 1.54) is 44.3 Å². The summed E-state index contributed by atoms with van der Waals surface area (Å²) in [7, 11) is 0. The number of fused-ring (bicyclic) bond motifs is 3. The van der Waals surface area contributed by atoms with Gasteiger partial charge < -0.3 is 14.4 Å². The van der Waals surface area contributed by atoms with Gasteiger partial charge in [0.25, 0.3) is 0 Å². The van der Waals surface area contributed by atoms with Crippen molar-refractivity contribution in [2.24, 2.45) is 0 Å². The molecule has 0 saturated heterocycles. The van der Waals surface area contributed by atoms with E-state index in [2.05, 4.69) is 291 Å². The van der Waals surface area contributed by atoms with E-state index in [0.717, 1.165) is 84.6 Å². The van der Waals surface area contributed by atoms with Gasteiger partial charge in [-0.2, -0.15) is 0 Å². The van der Waals surface area contributed by atoms with Gasteiger partial charge in [0.2, 0.25) is 0 Å². The Morgan fingerprint density at radius 3 is 1.16 bits per heavy atom. The summed E-state index contributed by atoms with van der Waals surface area (Å²) < 4.78 is 2.48. The standard InChI is InChI=1S/C68H53N5/c1-46-19-17-21-52(39-46)64-45-63(69-68(70-64)53-22-18-20-47(2)40-53)51-33-31-50(32-34-51)54-41-48(3)67(49(4)42-54)73-65-37-35-59(71(55-23-9-5-10-24-55)56-25-11-6-12-26-56)43-61(65)62-44-60(36-38-66(62)73)72(57-27-13-7-14-28-57)58-29-15-8-16-30-58/h5-45H,1-4H3. The third-order valence-electron chi connectivity index (χ3n) is 13.9. The van der Waals surface area contributed by atoms with E-state index in [4.69, 9.17) is 9.97 Å². The van der Waals surface area contributed by atoms with Crippen molar-refractivity contribution < 1.29 is 0 Å². The minimum Gasteiger partial charge on any atom is -0.310 e. The summed E-state index contributed by atoms with van der Waals surface area (Å²) in [6, 6.07) is 89.1. The fourth-order valence-electron chi connectivity index (χ4n) is 10.5. The van der Waals surface area contributed by atoms with Gasteiger partial charge in [0.1, 0.15) is 0 Å². The Hall–Kier alpha value is -9.32. The number of hydrogen-bond donors (Lipinski definition) is 0. The Labute approximate surface area is 427 Å². The van der Waals surface area contributed by atoms with Gasteiger partial charge in [0.05, 0.1) is 28.1 Å². The first kappa shape index (κ1) is 44.9. The highest BCUT2D eigenvalue weighted by Gasteiger charge is 2.22. The van der Waals surface area contributed by atoms with Crippen LogP contribution in [0, 0.1) is 27.7 Å². The minimum absolute atomic E-state index is 0.718. The molecule has 0 spiro atoms. The Morgan fingerprint density at radius 2 is 0.712 bits per heavy atom. The van der Waals surface area contributed by atoms with E-state index in [9.17, 15) is 0 Å². The first-order chi connectivity index (χ1) is 35.8. The van der Waals surface area contributed by atoms with Crippen LogP contribution in [0.5, 0.6) is 0 Å². The third-order valence-corrected chi connectivity index (χ3v) is 13.9. The van der Waals surface area contributed by atoms with Gasteiger partial charge in [-0.25, -0.2) is 9.97 Å². The molecule has 0 atom stereocenters. The third kappa shape index (κ3) is 8.72. The van der Waals surface area contributed by atoms with Gasteiger partial charge in [0, 0.05) is 61.6 Å². The second kappa shape index (κ2) is 19.1. The van der Waals surface area contributed by atoms with E-state index < -0.39 is 0 Å². The Balaban J connectivity index is 0.981. The number of nitrogens with zero attached hydrogens (tertiary/aromatic N) is 5. The van der Waals surface area contributed by atoms with Gasteiger partial charge in [-0.3, -0.25) is 0 Å². The predicted octanol–water partition coefficient (Wildman–Crippen LogP) is 18.4. The molecule has 0 saturated carbocycles. The van der Waals surface area contributed by atoms with Crippen molar-refractivity contribution in [2.75, 3.05) is 9.80 Å². The quantitative estimate of drug-likeness (QED) is 0.129. The van der Waals surface area contributed by atoms with Crippen molar-refractivity contribution in [2.45, 2.75) is 27.7 Å². The molecule has 350 valence electrons. The van der Waals surface area contributed by atoms with Crippen molar-refractivity contribution in [3.63, 3.8) is 0 Å². The number of rotatable bonds is 11. The summed E-state index contributed by atoms with van der Waals surface area (Å²) in [6.45, 7) is 8.73. The van der Waals surface area contributed by atoms with Crippen LogP contribution in [0.15, 0.2) is 249 Å². The maximum atomic E-state index is 5.16. The zero-order valence-electron chi connectivity index (χ0n) is 41.4. The summed E-state index contributed by atoms with van der Waals surface area (Å²) in [4.78, 5) is 14.9. The second-order valence-electron chi connectivity index (χ2n) is 19.0. The first-order valence-corrected chi connectivity index (χ1v) is 25.0. The largest absolute Gasteiger partial charge is 0.310 e. The number of benzene rings is 10. The lowest BCUT2D eigenvalue weighted by Gasteiger charge is -2.26. The van der Waals surface area contributed by atoms with Gasteiger partial charge in [-0.05, 0) is 165 Å². The maximum Gasteiger partial charge on any atom is 0.160 e. The lowest BCUT2D eigenvalue weighted by atomic mass is 9.97. The fourth-order valence-corrected chi connectivity index (χ4v) is 10.5. The summed E-state index contributed by atoms with van der Waals surface area (Å²) in [5, 5.41) is 2.35. The molecular weight excluding hydrogens is 887 g/mol. The van der Waals surface area contributed by atoms with Crippen LogP contribution in [0.3, 0.4) is 0 Å². The summed E-state index contributed by atoms with van der Waals surface area (Å²) in [5.74, 6) is 0.718. The van der Waals surface area contributed by atoms with Crippen molar-refractivity contribution >= 4 is 55.9 Å². The van der Waals surface area contributed by atoms with Crippen LogP contribution in [0.4, 0.5) is 34.1 Å². The highest BCUT2D eigenvalue weighted by molar-refractivity contribution is 6.12. The number of aromatic nitrogens is 3. The van der Waals surface area contributed by atoms with Crippen LogP contribution in [0.2, 0.25) is 0 Å². The van der Waals surface area contributed by atoms with E-state index in [0.29, 0.717) is 0 Å². The van der Waals surface area contributed by atoms with Crippen molar-refractivity contribution in [3.05, 3.63) is 271 Å². The number of para-hydroxylation sites is 4. The minimum atomic E-state index is 0.718. The first-order valence-electron chi connectivity index (χ1n) is 25.0. The normalized spacial score (nSPS) is 11.3. The van der Waals surface area contributed by atoms with Crippen LogP contribution < -0.4 is 9.80 Å². The zero-order chi connectivity index (χ0) is 49.4. The van der Waals surface area contributed by atoms with Gasteiger partial charge >= 0.3 is 0 Å². The second-order valence-corrected chi connectivity index (χ2v) is 19.0. The number of anilines is 6. The fraction of sp³-hybridized carbons (Fsp3) is 0.0588. The molecule has 12 rings (SSSR count). The molecule has 2 heterocycles. The van der Waals surface area contributed by atoms with Crippen LogP contribution in [-0.4, -0.2) is 14.5 Å². The SMILES string of the molecule is Cc1cccc(-c2cc(-c3ccc(-c4cc(C)c(-n5c6ccc(N(c7ccccc7)c7ccccc7)cc6c6cc(N(c7ccccc7)c7ccccc7)ccc65)c(C)c4)cc3)nc(-c3cccc(C)c3)n2)c1. The molecule has 0 aliphatic heterocycles. The van der Waals surface area contributed by atoms with Gasteiger partial charge in [-0.1, -0.05) is 145 Å². The summed E-state index contributed by atoms with van der Waals surface area (Å²) in [6.07, 6.45) is 0. The molecule has 0 amide bonds. The maximum absolute atomic E-state index is 5.16. The lowest BCUT2D eigenvalue weighted by Crippen LogP contribution is -2.09. The Bertz CT molecular complexity index is 3630. The highest BCUT2D eigenvalue weighted by Crippen LogP contribution is 2.44. The lowest BCUT2D eigenvalue weighted by molar-refractivity contribution is 1.12. The van der Waals surface area contributed by atoms with Crippen molar-refractivity contribution in [3.8, 4) is 50.7 Å². The molecular formula is C68H53N5. The smallest absolute Gasteiger partial charge is 0.160 e. The monoisotopic (exact) mass is 939 g/mol. The zero-order valence-corrected chi connectivity index (χ0v) is 41.4. The van der Waals surface area contributed by atoms with Crippen LogP contribution in [0.1, 0.15) is 22.3 Å². The molecule has 0 unspecified atom stereocenters. The molecule has 0 N–H and O–H groups in total. The van der Waals surface area contributed by atoms with Crippen molar-refractivity contribution in [1.29, 1.82) is 0 Å². The number of hydrogen-bond acceptors (Lipinski definition) is 4. The highest BCUT2D eigenvalue weighted by atomic mass is 15.1. The van der Waals surface area contributed by atoms with Crippen LogP contribution in [0.25, 0.3) is 72.5 Å². The molecule has 5 nitrogen and oxygen atoms in total.